The Morgan fingerprint density at radius 3 is 2.47 bits per heavy atom. The Hall–Kier alpha value is -2.77. The lowest BCUT2D eigenvalue weighted by Gasteiger charge is -2.34. The van der Waals surface area contributed by atoms with Gasteiger partial charge >= 0.3 is 0 Å². The lowest BCUT2D eigenvalue weighted by Crippen LogP contribution is -2.42. The van der Waals surface area contributed by atoms with Gasteiger partial charge in [-0.1, -0.05) is 29.8 Å². The maximum absolute atomic E-state index is 13.7. The van der Waals surface area contributed by atoms with Gasteiger partial charge in [0.05, 0.1) is 29.4 Å². The van der Waals surface area contributed by atoms with Gasteiger partial charge in [0.2, 0.25) is 17.7 Å². The van der Waals surface area contributed by atoms with E-state index < -0.39 is 0 Å². The first kappa shape index (κ1) is 26.8. The number of anilines is 1. The fourth-order valence-electron chi connectivity index (χ4n) is 5.76. The summed E-state index contributed by atoms with van der Waals surface area (Å²) in [5.41, 5.74) is 2.30. The molecule has 3 aliphatic rings. The van der Waals surface area contributed by atoms with E-state index in [1.165, 1.54) is 5.57 Å². The Bertz CT molecular complexity index is 1160. The monoisotopic (exact) mass is 556 g/mol. The number of alkyl halides is 1. The largest absolute Gasteiger partial charge is 0.481 e. The number of hydrogen-bond donors (Lipinski definition) is 0. The summed E-state index contributed by atoms with van der Waals surface area (Å²) >= 11 is 12.3. The number of carbonyl (C=O) groups excluding carboxylic acids is 1. The second kappa shape index (κ2) is 12.0. The topological polar surface area (TPSA) is 67.8 Å². The van der Waals surface area contributed by atoms with Crippen LogP contribution in [0.2, 0.25) is 5.02 Å². The lowest BCUT2D eigenvalue weighted by molar-refractivity contribution is -0.135. The molecule has 2 aromatic heterocycles. The van der Waals surface area contributed by atoms with Crippen molar-refractivity contribution in [3.8, 4) is 11.8 Å². The Labute approximate surface area is 234 Å². The quantitative estimate of drug-likeness (QED) is 0.426. The first-order valence-electron chi connectivity index (χ1n) is 13.3. The number of halogens is 2. The number of carbonyl (C=O) groups is 1. The van der Waals surface area contributed by atoms with E-state index in [1.807, 2.05) is 18.3 Å². The zero-order chi connectivity index (χ0) is 26.6. The molecule has 4 atom stereocenters. The summed E-state index contributed by atoms with van der Waals surface area (Å²) in [5, 5.41) is 0.595. The van der Waals surface area contributed by atoms with Gasteiger partial charge in [0.25, 0.3) is 0 Å². The number of methoxy groups -OCH3 is 1. The number of hydrogen-bond acceptors (Lipinski definition) is 6. The highest BCUT2D eigenvalue weighted by Crippen LogP contribution is 2.37. The molecule has 2 fully saturated rings. The molecule has 0 bridgehead atoms. The van der Waals surface area contributed by atoms with Crippen LogP contribution in [0.25, 0.3) is 0 Å². The van der Waals surface area contributed by atoms with Crippen LogP contribution >= 0.6 is 23.2 Å². The molecule has 1 aliphatic carbocycles. The summed E-state index contributed by atoms with van der Waals surface area (Å²) in [7, 11) is 1.61. The molecule has 0 N–H and O–H groups in total. The fourth-order valence-corrected chi connectivity index (χ4v) is 6.03. The van der Waals surface area contributed by atoms with E-state index in [1.54, 1.807) is 25.4 Å². The van der Waals surface area contributed by atoms with Crippen LogP contribution in [0.4, 0.5) is 5.69 Å². The maximum atomic E-state index is 13.7. The molecule has 2 aromatic rings. The third-order valence-electron chi connectivity index (χ3n) is 7.93. The highest BCUT2D eigenvalue weighted by Gasteiger charge is 2.42. The van der Waals surface area contributed by atoms with E-state index >= 15 is 0 Å². The van der Waals surface area contributed by atoms with Crippen molar-refractivity contribution in [3.63, 3.8) is 0 Å². The van der Waals surface area contributed by atoms with Crippen molar-refractivity contribution < 1.29 is 14.3 Å². The molecule has 5 rings (SSSR count). The van der Waals surface area contributed by atoms with Crippen LogP contribution in [-0.2, 0) is 4.79 Å². The molecule has 0 spiro atoms. The lowest BCUT2D eigenvalue weighted by atomic mass is 9.83. The van der Waals surface area contributed by atoms with E-state index in [9.17, 15) is 4.79 Å². The van der Waals surface area contributed by atoms with Gasteiger partial charge < -0.3 is 19.3 Å². The molecule has 38 heavy (non-hydrogen) atoms. The minimum absolute atomic E-state index is 0.0223. The summed E-state index contributed by atoms with van der Waals surface area (Å²) in [6.45, 7) is 5.09. The van der Waals surface area contributed by atoms with Gasteiger partial charge in [-0.2, -0.15) is 0 Å². The number of ether oxygens (including phenoxy) is 2. The third-order valence-corrected chi connectivity index (χ3v) is 8.48. The Balaban J connectivity index is 1.25. The highest BCUT2D eigenvalue weighted by atomic mass is 35.5. The molecule has 4 unspecified atom stereocenters. The van der Waals surface area contributed by atoms with Crippen LogP contribution in [0, 0.1) is 17.8 Å². The molecule has 1 amide bonds. The van der Waals surface area contributed by atoms with Crippen LogP contribution in [0.15, 0.2) is 60.5 Å². The second-order valence-electron chi connectivity index (χ2n) is 10.3. The minimum atomic E-state index is -0.126. The molecule has 2 aliphatic heterocycles. The van der Waals surface area contributed by atoms with Gasteiger partial charge in [0, 0.05) is 62.3 Å². The minimum Gasteiger partial charge on any atom is -0.481 e. The summed E-state index contributed by atoms with van der Waals surface area (Å²) < 4.78 is 11.4. The Kier molecular flexibility index (Phi) is 8.44. The molecule has 0 radical (unpaired) electrons. The third kappa shape index (κ3) is 6.10. The van der Waals surface area contributed by atoms with Gasteiger partial charge in [-0.25, -0.2) is 9.97 Å². The summed E-state index contributed by atoms with van der Waals surface area (Å²) in [4.78, 5) is 26.7. The predicted octanol–water partition coefficient (Wildman–Crippen LogP) is 5.39. The van der Waals surface area contributed by atoms with Crippen LogP contribution in [0.1, 0.15) is 26.2 Å². The van der Waals surface area contributed by atoms with Crippen molar-refractivity contribution >= 4 is 34.8 Å². The van der Waals surface area contributed by atoms with Crippen molar-refractivity contribution in [2.75, 3.05) is 38.2 Å². The molecule has 2 saturated heterocycles. The summed E-state index contributed by atoms with van der Waals surface area (Å²) in [6.07, 6.45) is 12.2. The van der Waals surface area contributed by atoms with Gasteiger partial charge in [-0.3, -0.25) is 4.79 Å². The Morgan fingerprint density at radius 2 is 1.84 bits per heavy atom. The highest BCUT2D eigenvalue weighted by molar-refractivity contribution is 6.30. The molecule has 9 heteroatoms. The zero-order valence-electron chi connectivity index (χ0n) is 21.8. The van der Waals surface area contributed by atoms with E-state index in [4.69, 9.17) is 32.7 Å². The SMILES string of the molecule is COc1ccc(N2CCC(C(=O)N3CC(C4=CCC(Cl)C=C4)C(C(C)Oc4ccc(Cl)cn4)C3)CC2)cn1. The molecule has 0 aromatic carbocycles. The second-order valence-corrected chi connectivity index (χ2v) is 11.3. The molecule has 4 heterocycles. The zero-order valence-corrected chi connectivity index (χ0v) is 23.3. The number of nitrogens with zero attached hydrogens (tertiary/aromatic N) is 4. The number of likely N-dealkylation sites (tertiary alicyclic amines) is 1. The van der Waals surface area contributed by atoms with Crippen LogP contribution in [0.5, 0.6) is 11.8 Å². The maximum Gasteiger partial charge on any atom is 0.225 e. The van der Waals surface area contributed by atoms with E-state index in [2.05, 4.69) is 44.9 Å². The standard InChI is InChI=1S/C29H34Cl2N4O3/c1-19(38-28-9-7-23(31)15-32-28)25-17-35(18-26(25)20-3-5-22(30)6-4-20)29(36)21-11-13-34(14-12-21)24-8-10-27(37-2)33-16-24/h3-5,7-10,15-16,19,21-22,25-26H,6,11-14,17-18H2,1-2H3. The molecule has 7 nitrogen and oxygen atoms in total. The van der Waals surface area contributed by atoms with Crippen molar-refractivity contribution in [2.45, 2.75) is 37.7 Å². The average molecular weight is 558 g/mol. The van der Waals surface area contributed by atoms with E-state index in [0.717, 1.165) is 38.0 Å². The van der Waals surface area contributed by atoms with Gasteiger partial charge in [-0.15, -0.1) is 11.6 Å². The van der Waals surface area contributed by atoms with Crippen molar-refractivity contribution in [3.05, 3.63) is 65.5 Å². The first-order chi connectivity index (χ1) is 18.4. The van der Waals surface area contributed by atoms with Crippen LogP contribution in [0.3, 0.4) is 0 Å². The number of rotatable bonds is 7. The number of amides is 1. The number of pyridine rings is 2. The first-order valence-corrected chi connectivity index (χ1v) is 14.1. The Morgan fingerprint density at radius 1 is 1.08 bits per heavy atom. The van der Waals surface area contributed by atoms with E-state index in [-0.39, 0.29) is 35.1 Å². The molecular weight excluding hydrogens is 523 g/mol. The number of piperidine rings is 1. The van der Waals surface area contributed by atoms with E-state index in [0.29, 0.717) is 29.9 Å². The summed E-state index contributed by atoms with van der Waals surface area (Å²) in [6, 6.07) is 7.47. The van der Waals surface area contributed by atoms with Crippen LogP contribution < -0.4 is 14.4 Å². The van der Waals surface area contributed by atoms with Gasteiger partial charge in [-0.05, 0) is 43.9 Å². The van der Waals surface area contributed by atoms with Crippen LogP contribution in [-0.4, -0.2) is 65.5 Å². The molecule has 202 valence electrons. The molecular formula is C29H34Cl2N4O3. The number of aromatic nitrogens is 2. The average Bonchev–Trinajstić information content (AvgIpc) is 3.40. The van der Waals surface area contributed by atoms with Crippen molar-refractivity contribution in [1.29, 1.82) is 0 Å². The summed E-state index contributed by atoms with van der Waals surface area (Å²) in [5.74, 6) is 1.75. The van der Waals surface area contributed by atoms with Crippen molar-refractivity contribution in [1.82, 2.24) is 14.9 Å². The molecule has 0 saturated carbocycles. The number of allylic oxidation sites excluding steroid dienone is 3. The fraction of sp³-hybridized carbons (Fsp3) is 0.483. The van der Waals surface area contributed by atoms with Gasteiger partial charge in [0.15, 0.2) is 0 Å². The predicted molar refractivity (Wildman–Crippen MR) is 150 cm³/mol. The smallest absolute Gasteiger partial charge is 0.225 e. The van der Waals surface area contributed by atoms with Crippen molar-refractivity contribution in [2.24, 2.45) is 17.8 Å². The van der Waals surface area contributed by atoms with Gasteiger partial charge in [0.1, 0.15) is 6.10 Å². The normalized spacial score (nSPS) is 24.7.